The van der Waals surface area contributed by atoms with E-state index in [2.05, 4.69) is 39.8 Å². The van der Waals surface area contributed by atoms with Crippen LogP contribution in [0.3, 0.4) is 0 Å². The zero-order chi connectivity index (χ0) is 18.9. The van der Waals surface area contributed by atoms with Crippen LogP contribution in [0.2, 0.25) is 0 Å². The maximum Gasteiger partial charge on any atom is 0.193 e. The first-order valence-corrected chi connectivity index (χ1v) is 9.88. The Balaban J connectivity index is 0.00000280. The monoisotopic (exact) mass is 501 g/mol. The van der Waals surface area contributed by atoms with Crippen LogP contribution in [0.1, 0.15) is 38.5 Å². The molecule has 1 saturated heterocycles. The number of nitrogens with zero attached hydrogens (tertiary/aromatic N) is 4. The molecule has 0 aromatic carbocycles. The first-order chi connectivity index (χ1) is 13.3. The van der Waals surface area contributed by atoms with Gasteiger partial charge in [0.05, 0.1) is 18.6 Å². The minimum atomic E-state index is 0. The van der Waals surface area contributed by atoms with Crippen molar-refractivity contribution in [1.82, 2.24) is 19.8 Å². The summed E-state index contributed by atoms with van der Waals surface area (Å²) in [5.74, 6) is 2.49. The Morgan fingerprint density at radius 2 is 2.36 bits per heavy atom. The van der Waals surface area contributed by atoms with Crippen molar-refractivity contribution >= 4 is 29.9 Å². The van der Waals surface area contributed by atoms with E-state index >= 15 is 0 Å². The predicted octanol–water partition coefficient (Wildman–Crippen LogP) is 3.55. The van der Waals surface area contributed by atoms with Gasteiger partial charge in [0.1, 0.15) is 12.4 Å². The number of furan rings is 1. The summed E-state index contributed by atoms with van der Waals surface area (Å²) in [4.78, 5) is 11.4. The molecular weight excluding hydrogens is 469 g/mol. The Hall–Kier alpha value is -1.55. The lowest BCUT2D eigenvalue weighted by atomic mass is 9.93. The van der Waals surface area contributed by atoms with Crippen LogP contribution >= 0.6 is 24.0 Å². The average molecular weight is 501 g/mol. The van der Waals surface area contributed by atoms with Gasteiger partial charge in [0.15, 0.2) is 5.96 Å². The number of ether oxygens (including phenoxy) is 1. The van der Waals surface area contributed by atoms with Crippen molar-refractivity contribution in [1.29, 1.82) is 0 Å². The lowest BCUT2D eigenvalue weighted by Crippen LogP contribution is -2.49. The van der Waals surface area contributed by atoms with Crippen LogP contribution in [-0.2, 0) is 11.3 Å². The van der Waals surface area contributed by atoms with Crippen molar-refractivity contribution in [3.8, 4) is 0 Å². The molecule has 1 aliphatic rings. The Morgan fingerprint density at radius 1 is 1.46 bits per heavy atom. The molecule has 7 nitrogen and oxygen atoms in total. The summed E-state index contributed by atoms with van der Waals surface area (Å²) in [5, 5.41) is 3.44. The Morgan fingerprint density at radius 3 is 3.07 bits per heavy atom. The number of rotatable bonds is 8. The van der Waals surface area contributed by atoms with E-state index in [9.17, 15) is 0 Å². The number of nitrogens with one attached hydrogen (secondary N) is 1. The molecule has 3 rings (SSSR count). The van der Waals surface area contributed by atoms with Crippen molar-refractivity contribution in [2.45, 2.75) is 39.3 Å². The van der Waals surface area contributed by atoms with Crippen LogP contribution in [0.15, 0.2) is 46.5 Å². The van der Waals surface area contributed by atoms with E-state index in [0.717, 1.165) is 50.7 Å². The lowest BCUT2D eigenvalue weighted by Gasteiger charge is -2.39. The fourth-order valence-electron chi connectivity index (χ4n) is 3.44. The van der Waals surface area contributed by atoms with Crippen LogP contribution in [0.5, 0.6) is 0 Å². The maximum absolute atomic E-state index is 5.64. The summed E-state index contributed by atoms with van der Waals surface area (Å²) in [5.41, 5.74) is 0. The van der Waals surface area contributed by atoms with Gasteiger partial charge in [-0.2, -0.15) is 0 Å². The van der Waals surface area contributed by atoms with Crippen molar-refractivity contribution in [3.63, 3.8) is 0 Å². The number of aliphatic imine (C=N–C) groups is 1. The molecule has 0 radical (unpaired) electrons. The van der Waals surface area contributed by atoms with Crippen LogP contribution in [0, 0.1) is 5.92 Å². The molecule has 2 aromatic rings. The molecule has 2 unspecified atom stereocenters. The summed E-state index contributed by atoms with van der Waals surface area (Å²) < 4.78 is 13.1. The Kier molecular flexibility index (Phi) is 9.83. The van der Waals surface area contributed by atoms with Crippen LogP contribution in [0.4, 0.5) is 0 Å². The third-order valence-corrected chi connectivity index (χ3v) is 4.99. The second-order valence-corrected chi connectivity index (χ2v) is 7.01. The highest BCUT2D eigenvalue weighted by atomic mass is 127. The normalized spacial score (nSPS) is 20.1. The smallest absolute Gasteiger partial charge is 0.193 e. The first kappa shape index (κ1) is 22.7. The van der Waals surface area contributed by atoms with E-state index in [1.165, 1.54) is 0 Å². The molecular formula is C20H32IN5O2. The van der Waals surface area contributed by atoms with E-state index in [1.54, 1.807) is 6.26 Å². The minimum absolute atomic E-state index is 0. The fraction of sp³-hybridized carbons (Fsp3) is 0.600. The van der Waals surface area contributed by atoms with E-state index in [0.29, 0.717) is 25.2 Å². The number of hydrogen-bond acceptors (Lipinski definition) is 4. The van der Waals surface area contributed by atoms with Gasteiger partial charge in [-0.05, 0) is 37.8 Å². The van der Waals surface area contributed by atoms with Crippen LogP contribution in [-0.4, -0.2) is 53.2 Å². The maximum atomic E-state index is 5.64. The van der Waals surface area contributed by atoms with Gasteiger partial charge in [-0.25, -0.2) is 4.98 Å². The molecule has 0 amide bonds. The molecule has 156 valence electrons. The number of imidazole rings is 1. The molecule has 3 heterocycles. The standard InChI is InChI=1S/C20H31N5O2.HI/c1-3-22-20(23-8-5-12-26-15-18-6-4-13-27-18)24-10-7-17(2)19(14-24)25-11-9-21-16-25;/h4,6,9,11,13,16-17,19H,3,5,7-8,10,12,14-15H2,1-2H3,(H,22,23);1H. The third kappa shape index (κ3) is 6.51. The van der Waals surface area contributed by atoms with Gasteiger partial charge in [-0.3, -0.25) is 4.99 Å². The largest absolute Gasteiger partial charge is 0.467 e. The molecule has 0 spiro atoms. The summed E-state index contributed by atoms with van der Waals surface area (Å²) in [6, 6.07) is 4.24. The molecule has 2 atom stereocenters. The second kappa shape index (κ2) is 12.1. The summed E-state index contributed by atoms with van der Waals surface area (Å²) in [7, 11) is 0. The van der Waals surface area contributed by atoms with Gasteiger partial charge in [-0.1, -0.05) is 6.92 Å². The summed E-state index contributed by atoms with van der Waals surface area (Å²) >= 11 is 0. The molecule has 1 aliphatic heterocycles. The number of hydrogen-bond donors (Lipinski definition) is 1. The van der Waals surface area contributed by atoms with Crippen molar-refractivity contribution in [2.24, 2.45) is 10.9 Å². The van der Waals surface area contributed by atoms with E-state index < -0.39 is 0 Å². The van der Waals surface area contributed by atoms with Gasteiger partial charge in [0.25, 0.3) is 0 Å². The minimum Gasteiger partial charge on any atom is -0.467 e. The van der Waals surface area contributed by atoms with Gasteiger partial charge in [-0.15, -0.1) is 24.0 Å². The molecule has 28 heavy (non-hydrogen) atoms. The quantitative estimate of drug-likeness (QED) is 0.260. The zero-order valence-electron chi connectivity index (χ0n) is 16.8. The van der Waals surface area contributed by atoms with Gasteiger partial charge in [0, 0.05) is 45.2 Å². The van der Waals surface area contributed by atoms with Crippen LogP contribution in [0.25, 0.3) is 0 Å². The fourth-order valence-corrected chi connectivity index (χ4v) is 3.44. The number of likely N-dealkylation sites (tertiary alicyclic amines) is 1. The van der Waals surface area contributed by atoms with E-state index in [-0.39, 0.29) is 24.0 Å². The van der Waals surface area contributed by atoms with E-state index in [1.807, 2.05) is 24.7 Å². The highest BCUT2D eigenvalue weighted by Gasteiger charge is 2.28. The molecule has 1 fully saturated rings. The third-order valence-electron chi connectivity index (χ3n) is 4.99. The SMILES string of the molecule is CCNC(=NCCCOCc1ccco1)N1CCC(C)C(n2ccnc2)C1.I. The number of piperidine rings is 1. The van der Waals surface area contributed by atoms with Crippen molar-refractivity contribution in [3.05, 3.63) is 42.9 Å². The molecule has 0 aliphatic carbocycles. The zero-order valence-corrected chi connectivity index (χ0v) is 19.1. The average Bonchev–Trinajstić information content (AvgIpc) is 3.38. The highest BCUT2D eigenvalue weighted by Crippen LogP contribution is 2.27. The molecule has 1 N–H and O–H groups in total. The summed E-state index contributed by atoms with van der Waals surface area (Å²) in [6.07, 6.45) is 9.55. The van der Waals surface area contributed by atoms with Crippen molar-refractivity contribution < 1.29 is 9.15 Å². The number of halogens is 1. The van der Waals surface area contributed by atoms with Gasteiger partial charge < -0.3 is 23.9 Å². The predicted molar refractivity (Wildman–Crippen MR) is 121 cm³/mol. The second-order valence-electron chi connectivity index (χ2n) is 7.01. The summed E-state index contributed by atoms with van der Waals surface area (Å²) in [6.45, 7) is 9.25. The van der Waals surface area contributed by atoms with Crippen LogP contribution < -0.4 is 5.32 Å². The molecule has 0 bridgehead atoms. The van der Waals surface area contributed by atoms with Gasteiger partial charge in [0.2, 0.25) is 0 Å². The van der Waals surface area contributed by atoms with Gasteiger partial charge >= 0.3 is 0 Å². The first-order valence-electron chi connectivity index (χ1n) is 9.88. The Bertz CT molecular complexity index is 675. The molecule has 2 aromatic heterocycles. The number of guanidine groups is 1. The Labute approximate surface area is 184 Å². The lowest BCUT2D eigenvalue weighted by molar-refractivity contribution is 0.105. The number of aromatic nitrogens is 2. The highest BCUT2D eigenvalue weighted by molar-refractivity contribution is 14.0. The topological polar surface area (TPSA) is 67.8 Å². The molecule has 0 saturated carbocycles. The van der Waals surface area contributed by atoms with Crippen molar-refractivity contribution in [2.75, 3.05) is 32.8 Å². The molecule has 8 heteroatoms. The van der Waals surface area contributed by atoms with E-state index in [4.69, 9.17) is 14.1 Å².